The van der Waals surface area contributed by atoms with Crippen molar-refractivity contribution >= 4 is 0 Å². The van der Waals surface area contributed by atoms with E-state index in [-0.39, 0.29) is 5.82 Å². The molecular formula is C14H11FO. The minimum atomic E-state index is -0.283. The fourth-order valence-electron chi connectivity index (χ4n) is 2.05. The normalized spacial score (nSPS) is 13.3. The average molecular weight is 214 g/mol. The van der Waals surface area contributed by atoms with Crippen LogP contribution in [0, 0.1) is 5.82 Å². The second kappa shape index (κ2) is 3.63. The fraction of sp³-hybridized carbons (Fsp3) is 0.143. The van der Waals surface area contributed by atoms with Crippen molar-refractivity contribution in [2.24, 2.45) is 0 Å². The molecule has 0 bridgehead atoms. The van der Waals surface area contributed by atoms with Gasteiger partial charge in [-0.15, -0.1) is 0 Å². The summed E-state index contributed by atoms with van der Waals surface area (Å²) in [5.74, 6) is 0.869. The molecule has 0 aromatic heterocycles. The van der Waals surface area contributed by atoms with E-state index in [1.807, 2.05) is 30.3 Å². The van der Waals surface area contributed by atoms with E-state index in [4.69, 9.17) is 4.74 Å². The molecule has 3 rings (SSSR count). The van der Waals surface area contributed by atoms with Crippen LogP contribution in [0.3, 0.4) is 0 Å². The second-order valence-corrected chi connectivity index (χ2v) is 3.94. The van der Waals surface area contributed by atoms with Gasteiger partial charge in [0.25, 0.3) is 0 Å². The molecular weight excluding hydrogens is 203 g/mol. The van der Waals surface area contributed by atoms with Gasteiger partial charge in [0.1, 0.15) is 5.75 Å². The first-order valence-electron chi connectivity index (χ1n) is 5.38. The van der Waals surface area contributed by atoms with Gasteiger partial charge in [-0.25, -0.2) is 4.39 Å². The lowest BCUT2D eigenvalue weighted by Crippen LogP contribution is -1.91. The van der Waals surface area contributed by atoms with Gasteiger partial charge in [0.15, 0.2) is 11.6 Å². The van der Waals surface area contributed by atoms with Crippen molar-refractivity contribution in [1.29, 1.82) is 0 Å². The molecule has 0 N–H and O–H groups in total. The smallest absolute Gasteiger partial charge is 0.166 e. The van der Waals surface area contributed by atoms with Crippen molar-refractivity contribution in [2.45, 2.75) is 12.8 Å². The Balaban J connectivity index is 2.13. The largest absolute Gasteiger partial charge is 0.454 e. The number of rotatable bonds is 0. The molecule has 0 radical (unpaired) electrons. The van der Waals surface area contributed by atoms with E-state index in [0.29, 0.717) is 5.75 Å². The lowest BCUT2D eigenvalue weighted by Gasteiger charge is -2.08. The van der Waals surface area contributed by atoms with Gasteiger partial charge in [-0.1, -0.05) is 30.3 Å². The van der Waals surface area contributed by atoms with Gasteiger partial charge in [0.05, 0.1) is 0 Å². The quantitative estimate of drug-likeness (QED) is 0.649. The Hall–Kier alpha value is -1.83. The second-order valence-electron chi connectivity index (χ2n) is 3.94. The van der Waals surface area contributed by atoms with Crippen molar-refractivity contribution in [2.75, 3.05) is 0 Å². The van der Waals surface area contributed by atoms with Crippen molar-refractivity contribution in [3.05, 3.63) is 59.4 Å². The van der Waals surface area contributed by atoms with Crippen LogP contribution >= 0.6 is 0 Å². The highest BCUT2D eigenvalue weighted by Crippen LogP contribution is 2.34. The molecule has 1 aliphatic rings. The first kappa shape index (κ1) is 9.40. The minimum absolute atomic E-state index is 0.283. The van der Waals surface area contributed by atoms with Gasteiger partial charge < -0.3 is 4.74 Å². The molecule has 0 saturated heterocycles. The summed E-state index contributed by atoms with van der Waals surface area (Å²) in [4.78, 5) is 0. The molecule has 2 aromatic rings. The summed E-state index contributed by atoms with van der Waals surface area (Å²) in [5.41, 5.74) is 2.08. The Morgan fingerprint density at radius 3 is 2.56 bits per heavy atom. The van der Waals surface area contributed by atoms with E-state index in [0.717, 1.165) is 29.7 Å². The molecule has 0 unspecified atom stereocenters. The summed E-state index contributed by atoms with van der Waals surface area (Å²) in [6.45, 7) is 0. The molecule has 0 fully saturated rings. The Labute approximate surface area is 93.5 Å². The van der Waals surface area contributed by atoms with Crippen LogP contribution in [0.4, 0.5) is 4.39 Å². The third kappa shape index (κ3) is 1.47. The van der Waals surface area contributed by atoms with Gasteiger partial charge >= 0.3 is 0 Å². The van der Waals surface area contributed by atoms with Crippen LogP contribution in [0.1, 0.15) is 11.1 Å². The standard InChI is InChI=1S/C14H11FO/c15-12-6-3-5-11-9-8-10-4-1-2-7-13(10)16-14(11)12/h1-7H,8-9H2. The molecule has 0 atom stereocenters. The number of benzene rings is 2. The number of hydrogen-bond acceptors (Lipinski definition) is 1. The number of halogens is 1. The van der Waals surface area contributed by atoms with Crippen LogP contribution in [-0.4, -0.2) is 0 Å². The molecule has 1 aliphatic heterocycles. The number of hydrogen-bond donors (Lipinski definition) is 0. The summed E-state index contributed by atoms with van der Waals surface area (Å²) in [7, 11) is 0. The highest BCUT2D eigenvalue weighted by molar-refractivity contribution is 5.45. The molecule has 1 nitrogen and oxygen atoms in total. The van der Waals surface area contributed by atoms with E-state index in [9.17, 15) is 4.39 Å². The van der Waals surface area contributed by atoms with E-state index >= 15 is 0 Å². The molecule has 0 amide bonds. The Morgan fingerprint density at radius 1 is 0.875 bits per heavy atom. The third-order valence-corrected chi connectivity index (χ3v) is 2.90. The SMILES string of the molecule is Fc1cccc2c1Oc1ccccc1CC2. The fourth-order valence-corrected chi connectivity index (χ4v) is 2.05. The van der Waals surface area contributed by atoms with Crippen molar-refractivity contribution < 1.29 is 9.13 Å². The number of ether oxygens (including phenoxy) is 1. The van der Waals surface area contributed by atoms with E-state index < -0.39 is 0 Å². The molecule has 80 valence electrons. The van der Waals surface area contributed by atoms with Crippen molar-refractivity contribution in [3.8, 4) is 11.5 Å². The zero-order chi connectivity index (χ0) is 11.0. The van der Waals surface area contributed by atoms with E-state index in [1.54, 1.807) is 6.07 Å². The third-order valence-electron chi connectivity index (χ3n) is 2.90. The van der Waals surface area contributed by atoms with Crippen LogP contribution in [0.5, 0.6) is 11.5 Å². The summed E-state index contributed by atoms with van der Waals surface area (Å²) in [5, 5.41) is 0. The van der Waals surface area contributed by atoms with Crippen LogP contribution in [0.2, 0.25) is 0 Å². The number of para-hydroxylation sites is 2. The predicted molar refractivity (Wildman–Crippen MR) is 60.3 cm³/mol. The van der Waals surface area contributed by atoms with E-state index in [2.05, 4.69) is 0 Å². The summed E-state index contributed by atoms with van der Waals surface area (Å²) >= 11 is 0. The molecule has 0 spiro atoms. The Morgan fingerprint density at radius 2 is 1.62 bits per heavy atom. The molecule has 1 heterocycles. The number of fused-ring (bicyclic) bond motifs is 2. The first-order chi connectivity index (χ1) is 7.84. The Bertz CT molecular complexity index is 534. The minimum Gasteiger partial charge on any atom is -0.454 e. The molecule has 2 heteroatoms. The number of aryl methyl sites for hydroxylation is 2. The predicted octanol–water partition coefficient (Wildman–Crippen LogP) is 3.72. The van der Waals surface area contributed by atoms with Crippen molar-refractivity contribution in [1.82, 2.24) is 0 Å². The molecule has 16 heavy (non-hydrogen) atoms. The summed E-state index contributed by atoms with van der Waals surface area (Å²) in [6, 6.07) is 12.9. The van der Waals surface area contributed by atoms with Crippen LogP contribution in [-0.2, 0) is 12.8 Å². The average Bonchev–Trinajstić information content (AvgIpc) is 2.50. The monoisotopic (exact) mass is 214 g/mol. The van der Waals surface area contributed by atoms with Gasteiger partial charge in [-0.05, 0) is 36.1 Å². The topological polar surface area (TPSA) is 9.23 Å². The van der Waals surface area contributed by atoms with Gasteiger partial charge in [0, 0.05) is 0 Å². The maximum atomic E-state index is 13.6. The van der Waals surface area contributed by atoms with Gasteiger partial charge in [0.2, 0.25) is 0 Å². The van der Waals surface area contributed by atoms with E-state index in [1.165, 1.54) is 6.07 Å². The zero-order valence-electron chi connectivity index (χ0n) is 8.74. The van der Waals surface area contributed by atoms with Gasteiger partial charge in [-0.2, -0.15) is 0 Å². The first-order valence-corrected chi connectivity index (χ1v) is 5.38. The lowest BCUT2D eigenvalue weighted by molar-refractivity contribution is 0.439. The molecule has 0 aliphatic carbocycles. The summed E-state index contributed by atoms with van der Waals surface area (Å²) in [6.07, 6.45) is 1.72. The van der Waals surface area contributed by atoms with Crippen molar-refractivity contribution in [3.63, 3.8) is 0 Å². The van der Waals surface area contributed by atoms with Crippen LogP contribution in [0.25, 0.3) is 0 Å². The highest BCUT2D eigenvalue weighted by atomic mass is 19.1. The van der Waals surface area contributed by atoms with Gasteiger partial charge in [-0.3, -0.25) is 0 Å². The zero-order valence-corrected chi connectivity index (χ0v) is 8.74. The maximum absolute atomic E-state index is 13.6. The summed E-state index contributed by atoms with van der Waals surface area (Å²) < 4.78 is 19.3. The van der Waals surface area contributed by atoms with Crippen LogP contribution in [0.15, 0.2) is 42.5 Å². The highest BCUT2D eigenvalue weighted by Gasteiger charge is 2.16. The Kier molecular flexibility index (Phi) is 2.13. The lowest BCUT2D eigenvalue weighted by atomic mass is 10.0. The molecule has 2 aromatic carbocycles. The van der Waals surface area contributed by atoms with Crippen LogP contribution < -0.4 is 4.74 Å². The molecule has 0 saturated carbocycles. The maximum Gasteiger partial charge on any atom is 0.166 e.